The van der Waals surface area contributed by atoms with E-state index < -0.39 is 5.60 Å². The Balaban J connectivity index is 2.29. The van der Waals surface area contributed by atoms with Crippen molar-refractivity contribution in [3.8, 4) is 0 Å². The smallest absolute Gasteiger partial charge is 0.410 e. The van der Waals surface area contributed by atoms with Gasteiger partial charge in [-0.05, 0) is 46.0 Å². The number of likely N-dealkylation sites (tertiary alicyclic amines) is 1. The number of amides is 2. The maximum atomic E-state index is 11.9. The first-order valence-electron chi connectivity index (χ1n) is 7.00. The normalized spacial score (nSPS) is 17.2. The molecule has 1 aliphatic rings. The van der Waals surface area contributed by atoms with E-state index in [9.17, 15) is 9.59 Å². The van der Waals surface area contributed by atoms with Gasteiger partial charge >= 0.3 is 6.09 Å². The molecule has 0 spiro atoms. The standard InChI is InChI=1S/C14H26N2O3/c1-14(2,3)19-13(18)16-9-7-11(8-10-16)5-6-12(17)15-4/h11H,5-10H2,1-4H3,(H,15,17). The third kappa shape index (κ3) is 5.94. The van der Waals surface area contributed by atoms with Crippen LogP contribution in [0.15, 0.2) is 0 Å². The van der Waals surface area contributed by atoms with Crippen molar-refractivity contribution in [2.75, 3.05) is 20.1 Å². The van der Waals surface area contributed by atoms with E-state index >= 15 is 0 Å². The van der Waals surface area contributed by atoms with E-state index in [0.717, 1.165) is 32.4 Å². The molecule has 110 valence electrons. The molecule has 0 bridgehead atoms. The predicted molar refractivity (Wildman–Crippen MR) is 73.8 cm³/mol. The van der Waals surface area contributed by atoms with E-state index in [1.165, 1.54) is 0 Å². The maximum Gasteiger partial charge on any atom is 0.410 e. The van der Waals surface area contributed by atoms with Crippen molar-refractivity contribution >= 4 is 12.0 Å². The fraction of sp³-hybridized carbons (Fsp3) is 0.857. The van der Waals surface area contributed by atoms with Crippen LogP contribution in [-0.4, -0.2) is 42.6 Å². The Morgan fingerprint density at radius 2 is 1.84 bits per heavy atom. The lowest BCUT2D eigenvalue weighted by Crippen LogP contribution is -2.41. The second-order valence-corrected chi connectivity index (χ2v) is 6.12. The van der Waals surface area contributed by atoms with Crippen LogP contribution in [0.5, 0.6) is 0 Å². The molecule has 0 saturated carbocycles. The highest BCUT2D eigenvalue weighted by Gasteiger charge is 2.26. The molecule has 0 atom stereocenters. The average Bonchev–Trinajstić information content (AvgIpc) is 2.34. The van der Waals surface area contributed by atoms with Crippen LogP contribution in [0, 0.1) is 5.92 Å². The van der Waals surface area contributed by atoms with Gasteiger partial charge in [0, 0.05) is 26.6 Å². The van der Waals surface area contributed by atoms with Gasteiger partial charge < -0.3 is 15.0 Å². The van der Waals surface area contributed by atoms with Gasteiger partial charge in [-0.1, -0.05) is 0 Å². The highest BCUT2D eigenvalue weighted by molar-refractivity contribution is 5.75. The van der Waals surface area contributed by atoms with E-state index in [2.05, 4.69) is 5.32 Å². The number of nitrogens with one attached hydrogen (secondary N) is 1. The number of carbonyl (C=O) groups is 2. The summed E-state index contributed by atoms with van der Waals surface area (Å²) in [5.74, 6) is 0.630. The third-order valence-electron chi connectivity index (χ3n) is 3.32. The molecule has 0 aliphatic carbocycles. The fourth-order valence-corrected chi connectivity index (χ4v) is 2.19. The molecular weight excluding hydrogens is 244 g/mol. The van der Waals surface area contributed by atoms with Crippen molar-refractivity contribution < 1.29 is 14.3 Å². The summed E-state index contributed by atoms with van der Waals surface area (Å²) >= 11 is 0. The molecule has 0 radical (unpaired) electrons. The van der Waals surface area contributed by atoms with Crippen molar-refractivity contribution in [1.82, 2.24) is 10.2 Å². The van der Waals surface area contributed by atoms with Gasteiger partial charge in [0.1, 0.15) is 5.60 Å². The van der Waals surface area contributed by atoms with E-state index in [4.69, 9.17) is 4.74 Å². The Morgan fingerprint density at radius 3 is 2.32 bits per heavy atom. The SMILES string of the molecule is CNC(=O)CCC1CCN(C(=O)OC(C)(C)C)CC1. The van der Waals surface area contributed by atoms with Crippen LogP contribution in [0.4, 0.5) is 4.79 Å². The first-order valence-corrected chi connectivity index (χ1v) is 7.00. The fourth-order valence-electron chi connectivity index (χ4n) is 2.19. The van der Waals surface area contributed by atoms with Gasteiger partial charge in [0.15, 0.2) is 0 Å². The molecule has 1 fully saturated rings. The molecule has 19 heavy (non-hydrogen) atoms. The highest BCUT2D eigenvalue weighted by Crippen LogP contribution is 2.23. The molecule has 0 unspecified atom stereocenters. The van der Waals surface area contributed by atoms with Crippen LogP contribution >= 0.6 is 0 Å². The Morgan fingerprint density at radius 1 is 1.26 bits per heavy atom. The first kappa shape index (κ1) is 15.8. The molecule has 1 saturated heterocycles. The monoisotopic (exact) mass is 270 g/mol. The number of nitrogens with zero attached hydrogens (tertiary/aromatic N) is 1. The summed E-state index contributed by atoms with van der Waals surface area (Å²) in [6.07, 6.45) is 3.17. The summed E-state index contributed by atoms with van der Waals surface area (Å²) in [4.78, 5) is 24.8. The zero-order chi connectivity index (χ0) is 14.5. The highest BCUT2D eigenvalue weighted by atomic mass is 16.6. The van der Waals surface area contributed by atoms with Crippen LogP contribution in [0.1, 0.15) is 46.5 Å². The summed E-state index contributed by atoms with van der Waals surface area (Å²) in [5.41, 5.74) is -0.437. The third-order valence-corrected chi connectivity index (χ3v) is 3.32. The molecule has 2 amide bonds. The quantitative estimate of drug-likeness (QED) is 0.855. The molecule has 0 aromatic carbocycles. The minimum absolute atomic E-state index is 0.0922. The number of hydrogen-bond donors (Lipinski definition) is 1. The van der Waals surface area contributed by atoms with Crippen molar-refractivity contribution in [3.63, 3.8) is 0 Å². The first-order chi connectivity index (χ1) is 8.81. The Hall–Kier alpha value is -1.26. The number of rotatable bonds is 3. The van der Waals surface area contributed by atoms with Crippen molar-refractivity contribution in [2.45, 2.75) is 52.1 Å². The van der Waals surface area contributed by atoms with Crippen LogP contribution in [-0.2, 0) is 9.53 Å². The lowest BCUT2D eigenvalue weighted by atomic mass is 9.92. The number of carbonyl (C=O) groups excluding carboxylic acids is 2. The van der Waals surface area contributed by atoms with E-state index in [1.54, 1.807) is 11.9 Å². The van der Waals surface area contributed by atoms with Crippen LogP contribution in [0.2, 0.25) is 0 Å². The topological polar surface area (TPSA) is 58.6 Å². The van der Waals surface area contributed by atoms with Gasteiger partial charge in [-0.3, -0.25) is 4.79 Å². The molecule has 1 rings (SSSR count). The summed E-state index contributed by atoms with van der Waals surface area (Å²) in [5, 5.41) is 2.63. The summed E-state index contributed by atoms with van der Waals surface area (Å²) < 4.78 is 5.35. The Labute approximate surface area is 115 Å². The number of hydrogen-bond acceptors (Lipinski definition) is 3. The second kappa shape index (κ2) is 6.78. The molecule has 1 heterocycles. The van der Waals surface area contributed by atoms with Gasteiger partial charge in [0.25, 0.3) is 0 Å². The van der Waals surface area contributed by atoms with Gasteiger partial charge in [-0.2, -0.15) is 0 Å². The summed E-state index contributed by atoms with van der Waals surface area (Å²) in [6, 6.07) is 0. The molecular formula is C14H26N2O3. The lowest BCUT2D eigenvalue weighted by Gasteiger charge is -2.33. The molecule has 1 N–H and O–H groups in total. The van der Waals surface area contributed by atoms with Gasteiger partial charge in [-0.25, -0.2) is 4.79 Å². The molecule has 5 heteroatoms. The molecule has 5 nitrogen and oxygen atoms in total. The van der Waals surface area contributed by atoms with Crippen molar-refractivity contribution in [3.05, 3.63) is 0 Å². The van der Waals surface area contributed by atoms with Crippen LogP contribution < -0.4 is 5.32 Å². The van der Waals surface area contributed by atoms with Gasteiger partial charge in [0.2, 0.25) is 5.91 Å². The average molecular weight is 270 g/mol. The number of ether oxygens (including phenoxy) is 1. The van der Waals surface area contributed by atoms with Crippen molar-refractivity contribution in [1.29, 1.82) is 0 Å². The van der Waals surface area contributed by atoms with E-state index in [-0.39, 0.29) is 12.0 Å². The van der Waals surface area contributed by atoms with Crippen LogP contribution in [0.3, 0.4) is 0 Å². The van der Waals surface area contributed by atoms with Crippen molar-refractivity contribution in [2.24, 2.45) is 5.92 Å². The van der Waals surface area contributed by atoms with Gasteiger partial charge in [0.05, 0.1) is 0 Å². The minimum Gasteiger partial charge on any atom is -0.444 e. The van der Waals surface area contributed by atoms with E-state index in [0.29, 0.717) is 12.3 Å². The van der Waals surface area contributed by atoms with E-state index in [1.807, 2.05) is 20.8 Å². The molecule has 0 aromatic heterocycles. The maximum absolute atomic E-state index is 11.9. The van der Waals surface area contributed by atoms with Crippen LogP contribution in [0.25, 0.3) is 0 Å². The zero-order valence-electron chi connectivity index (χ0n) is 12.5. The number of piperidine rings is 1. The molecule has 1 aliphatic heterocycles. The lowest BCUT2D eigenvalue weighted by molar-refractivity contribution is -0.121. The summed E-state index contributed by atoms with van der Waals surface area (Å²) in [6.45, 7) is 7.09. The Bertz CT molecular complexity index is 315. The second-order valence-electron chi connectivity index (χ2n) is 6.12. The molecule has 0 aromatic rings. The zero-order valence-corrected chi connectivity index (χ0v) is 12.5. The predicted octanol–water partition coefficient (Wildman–Crippen LogP) is 2.16. The van der Waals surface area contributed by atoms with Gasteiger partial charge in [-0.15, -0.1) is 0 Å². The largest absolute Gasteiger partial charge is 0.444 e. The summed E-state index contributed by atoms with van der Waals surface area (Å²) in [7, 11) is 1.66. The Kier molecular flexibility index (Phi) is 5.63. The minimum atomic E-state index is -0.437.